The molecule has 1 amide bonds. The fourth-order valence-electron chi connectivity index (χ4n) is 1.48. The van der Waals surface area contributed by atoms with Crippen LogP contribution in [-0.4, -0.2) is 5.91 Å². The molecule has 0 aliphatic rings. The van der Waals surface area contributed by atoms with E-state index in [1.165, 1.54) is 0 Å². The third kappa shape index (κ3) is 3.62. The molecule has 19 heavy (non-hydrogen) atoms. The van der Waals surface area contributed by atoms with Gasteiger partial charge < -0.3 is 5.32 Å². The number of rotatable bonds is 2. The van der Waals surface area contributed by atoms with Gasteiger partial charge in [0.15, 0.2) is 0 Å². The quantitative estimate of drug-likeness (QED) is 0.568. The molecule has 0 saturated heterocycles. The monoisotopic (exact) mass is 469 g/mol. The molecule has 2 rings (SSSR count). The van der Waals surface area contributed by atoms with Crippen molar-refractivity contribution < 1.29 is 4.79 Å². The van der Waals surface area contributed by atoms with Crippen molar-refractivity contribution in [1.29, 1.82) is 0 Å². The Morgan fingerprint density at radius 2 is 1.79 bits per heavy atom. The minimum atomic E-state index is -0.330. The summed E-state index contributed by atoms with van der Waals surface area (Å²) in [4.78, 5) is 12.2. The highest BCUT2D eigenvalue weighted by Crippen LogP contribution is 2.27. The summed E-state index contributed by atoms with van der Waals surface area (Å²) in [6.45, 7) is 0. The third-order valence-corrected chi connectivity index (χ3v) is 5.34. The van der Waals surface area contributed by atoms with Gasteiger partial charge in [-0.2, -0.15) is 0 Å². The van der Waals surface area contributed by atoms with Gasteiger partial charge in [-0.25, -0.2) is 0 Å². The Bertz CT molecular complexity index is 628. The van der Waals surface area contributed by atoms with E-state index in [-0.39, 0.29) is 11.5 Å². The van der Waals surface area contributed by atoms with E-state index < -0.39 is 0 Å². The zero-order chi connectivity index (χ0) is 14.0. The second kappa shape index (κ2) is 6.43. The van der Waals surface area contributed by atoms with E-state index in [0.717, 1.165) is 8.04 Å². The fraction of sp³-hybridized carbons (Fsp3) is 0. The Hall–Kier alpha value is -0.300. The smallest absolute Gasteiger partial charge is 0.258 e. The average molecular weight is 471 g/mol. The number of halogens is 4. The van der Waals surface area contributed by atoms with Crippen LogP contribution < -0.4 is 5.32 Å². The zero-order valence-electron chi connectivity index (χ0n) is 9.38. The van der Waals surface area contributed by atoms with E-state index in [1.54, 1.807) is 18.2 Å². The third-order valence-electron chi connectivity index (χ3n) is 2.37. The summed E-state index contributed by atoms with van der Waals surface area (Å²) in [5.41, 5.74) is 0.953. The summed E-state index contributed by atoms with van der Waals surface area (Å²) < 4.78 is 1.97. The normalized spacial score (nSPS) is 10.3. The first-order chi connectivity index (χ1) is 8.99. The summed E-state index contributed by atoms with van der Waals surface area (Å²) in [5, 5.41) is 3.42. The first-order valence-corrected chi connectivity index (χ1v) is 7.82. The molecule has 0 atom stereocenters. The highest BCUT2D eigenvalue weighted by molar-refractivity contribution is 14.1. The summed E-state index contributed by atoms with van der Waals surface area (Å²) in [7, 11) is 0. The maximum atomic E-state index is 12.2. The maximum Gasteiger partial charge on any atom is 0.258 e. The number of anilines is 1. The molecule has 2 nitrogen and oxygen atoms in total. The summed E-state index contributed by atoms with van der Waals surface area (Å²) >= 11 is 17.6. The molecule has 0 aliphatic carbocycles. The average Bonchev–Trinajstić information content (AvgIpc) is 2.33. The van der Waals surface area contributed by atoms with Crippen molar-refractivity contribution in [3.8, 4) is 0 Å². The predicted molar refractivity (Wildman–Crippen MR) is 91.3 cm³/mol. The lowest BCUT2D eigenvalue weighted by molar-refractivity contribution is 0.102. The van der Waals surface area contributed by atoms with E-state index in [1.807, 2.05) is 18.2 Å². The molecule has 0 radical (unpaired) electrons. The lowest BCUT2D eigenvalue weighted by Crippen LogP contribution is -2.13. The fourth-order valence-corrected chi connectivity index (χ4v) is 2.77. The van der Waals surface area contributed by atoms with Crippen LogP contribution in [0.1, 0.15) is 10.4 Å². The minimum Gasteiger partial charge on any atom is -0.322 e. The summed E-state index contributed by atoms with van der Waals surface area (Å²) in [6, 6.07) is 10.5. The van der Waals surface area contributed by atoms with Crippen LogP contribution in [0.2, 0.25) is 10.0 Å². The van der Waals surface area contributed by atoms with E-state index in [2.05, 4.69) is 43.8 Å². The van der Waals surface area contributed by atoms with Crippen LogP contribution in [0.25, 0.3) is 0 Å². The van der Waals surface area contributed by atoms with Crippen molar-refractivity contribution in [2.75, 3.05) is 5.32 Å². The van der Waals surface area contributed by atoms with Gasteiger partial charge in [-0.15, -0.1) is 0 Å². The molecule has 6 heteroatoms. The second-order valence-corrected chi connectivity index (χ2v) is 6.51. The van der Waals surface area contributed by atoms with Crippen LogP contribution in [0, 0.1) is 3.57 Å². The Balaban J connectivity index is 2.28. The number of hydrogen-bond acceptors (Lipinski definition) is 1. The van der Waals surface area contributed by atoms with Gasteiger partial charge in [-0.1, -0.05) is 29.3 Å². The Morgan fingerprint density at radius 1 is 1.16 bits per heavy atom. The lowest BCUT2D eigenvalue weighted by atomic mass is 10.2. The van der Waals surface area contributed by atoms with Crippen molar-refractivity contribution in [3.63, 3.8) is 0 Å². The standard InChI is InChI=1S/C13H7BrCl2INO/c14-8-6-7(4-5-11(8)17)18-13(19)12-9(15)2-1-3-10(12)16/h1-6H,(H,18,19). The lowest BCUT2D eigenvalue weighted by Gasteiger charge is -2.09. The molecule has 98 valence electrons. The Morgan fingerprint density at radius 3 is 2.37 bits per heavy atom. The molecule has 0 fully saturated rings. The van der Waals surface area contributed by atoms with Crippen molar-refractivity contribution in [3.05, 3.63) is 60.0 Å². The topological polar surface area (TPSA) is 29.1 Å². The van der Waals surface area contributed by atoms with Gasteiger partial charge in [-0.3, -0.25) is 4.79 Å². The van der Waals surface area contributed by atoms with Gasteiger partial charge in [0.05, 0.1) is 15.6 Å². The van der Waals surface area contributed by atoms with E-state index >= 15 is 0 Å². The van der Waals surface area contributed by atoms with Crippen LogP contribution in [-0.2, 0) is 0 Å². The van der Waals surface area contributed by atoms with Crippen LogP contribution >= 0.6 is 61.7 Å². The molecule has 0 bridgehead atoms. The SMILES string of the molecule is O=C(Nc1ccc(I)c(Br)c1)c1c(Cl)cccc1Cl. The number of carbonyl (C=O) groups excluding carboxylic acids is 1. The number of benzene rings is 2. The molecule has 0 heterocycles. The van der Waals surface area contributed by atoms with Gasteiger partial charge >= 0.3 is 0 Å². The molecule has 1 N–H and O–H groups in total. The Labute approximate surface area is 142 Å². The van der Waals surface area contributed by atoms with Crippen molar-refractivity contribution in [1.82, 2.24) is 0 Å². The van der Waals surface area contributed by atoms with Gasteiger partial charge in [0, 0.05) is 13.7 Å². The van der Waals surface area contributed by atoms with Crippen LogP contribution in [0.5, 0.6) is 0 Å². The Kier molecular flexibility index (Phi) is 5.11. The number of hydrogen-bond donors (Lipinski definition) is 1. The highest BCUT2D eigenvalue weighted by Gasteiger charge is 2.14. The van der Waals surface area contributed by atoms with Crippen LogP contribution in [0.15, 0.2) is 40.9 Å². The van der Waals surface area contributed by atoms with Crippen molar-refractivity contribution in [2.45, 2.75) is 0 Å². The molecule has 0 aliphatic heterocycles. The van der Waals surface area contributed by atoms with Crippen molar-refractivity contribution >= 4 is 73.3 Å². The van der Waals surface area contributed by atoms with Gasteiger partial charge in [0.1, 0.15) is 0 Å². The largest absolute Gasteiger partial charge is 0.322 e. The number of carbonyl (C=O) groups is 1. The van der Waals surface area contributed by atoms with Crippen LogP contribution in [0.4, 0.5) is 5.69 Å². The van der Waals surface area contributed by atoms with Crippen molar-refractivity contribution in [2.24, 2.45) is 0 Å². The number of amides is 1. The van der Waals surface area contributed by atoms with Gasteiger partial charge in [0.2, 0.25) is 0 Å². The summed E-state index contributed by atoms with van der Waals surface area (Å²) in [5.74, 6) is -0.330. The molecule has 2 aromatic carbocycles. The van der Waals surface area contributed by atoms with Gasteiger partial charge in [-0.05, 0) is 68.9 Å². The van der Waals surface area contributed by atoms with E-state index in [0.29, 0.717) is 15.7 Å². The molecular weight excluding hydrogens is 464 g/mol. The second-order valence-electron chi connectivity index (χ2n) is 3.68. The number of nitrogens with one attached hydrogen (secondary N) is 1. The molecule has 0 unspecified atom stereocenters. The molecule has 2 aromatic rings. The van der Waals surface area contributed by atoms with Gasteiger partial charge in [0.25, 0.3) is 5.91 Å². The predicted octanol–water partition coefficient (Wildman–Crippen LogP) is 5.61. The van der Waals surface area contributed by atoms with E-state index in [9.17, 15) is 4.79 Å². The first-order valence-electron chi connectivity index (χ1n) is 5.19. The van der Waals surface area contributed by atoms with Crippen LogP contribution in [0.3, 0.4) is 0 Å². The van der Waals surface area contributed by atoms with E-state index in [4.69, 9.17) is 23.2 Å². The summed E-state index contributed by atoms with van der Waals surface area (Å²) in [6.07, 6.45) is 0. The first kappa shape index (κ1) is 15.1. The molecular formula is C13H7BrCl2INO. The highest BCUT2D eigenvalue weighted by atomic mass is 127. The molecule has 0 aromatic heterocycles. The molecule has 0 spiro atoms. The maximum absolute atomic E-state index is 12.2. The minimum absolute atomic E-state index is 0.278. The zero-order valence-corrected chi connectivity index (χ0v) is 14.6. The molecule has 0 saturated carbocycles.